The van der Waals surface area contributed by atoms with E-state index in [1.54, 1.807) is 32.3 Å². The second-order valence-electron chi connectivity index (χ2n) is 2.92. The summed E-state index contributed by atoms with van der Waals surface area (Å²) < 4.78 is 4.92. The molecule has 0 saturated heterocycles. The second-order valence-corrected chi connectivity index (χ2v) is 2.92. The maximum absolute atomic E-state index is 10.3. The molecule has 0 aromatic rings. The summed E-state index contributed by atoms with van der Waals surface area (Å²) in [5, 5.41) is 15.5. The highest BCUT2D eigenvalue weighted by Crippen LogP contribution is 2.02. The maximum atomic E-state index is 10.3. The van der Waals surface area contributed by atoms with Gasteiger partial charge in [-0.3, -0.25) is 5.41 Å². The molecule has 0 saturated carbocycles. The molecule has 0 aliphatic rings. The molecule has 0 aromatic carbocycles. The maximum Gasteiger partial charge on any atom is 0.349 e. The van der Waals surface area contributed by atoms with Crippen molar-refractivity contribution in [3.63, 3.8) is 0 Å². The van der Waals surface area contributed by atoms with Crippen LogP contribution in [0.25, 0.3) is 0 Å². The highest BCUT2D eigenvalue weighted by atomic mass is 16.5. The molecule has 0 aromatic heterocycles. The van der Waals surface area contributed by atoms with Crippen molar-refractivity contribution < 1.29 is 14.6 Å². The van der Waals surface area contributed by atoms with E-state index in [1.165, 1.54) is 0 Å². The number of carboxylic acids is 1. The third-order valence-corrected chi connectivity index (χ3v) is 1.62. The molecule has 2 N–H and O–H groups in total. The summed E-state index contributed by atoms with van der Waals surface area (Å²) in [6, 6.07) is 0. The summed E-state index contributed by atoms with van der Waals surface area (Å²) in [6.45, 7) is 5.51. The van der Waals surface area contributed by atoms with Gasteiger partial charge in [0.1, 0.15) is 5.71 Å². The van der Waals surface area contributed by atoms with E-state index in [0.717, 1.165) is 5.76 Å². The molecule has 0 fully saturated rings. The molecule has 15 heavy (non-hydrogen) atoms. The van der Waals surface area contributed by atoms with Gasteiger partial charge in [0.05, 0.1) is 12.9 Å². The Labute approximate surface area is 89.1 Å². The van der Waals surface area contributed by atoms with Crippen LogP contribution in [0.5, 0.6) is 0 Å². The number of nitrogens with one attached hydrogen (secondary N) is 1. The van der Waals surface area contributed by atoms with Gasteiger partial charge in [-0.25, -0.2) is 4.79 Å². The summed E-state index contributed by atoms with van der Waals surface area (Å²) in [6.07, 6.45) is 5.05. The lowest BCUT2D eigenvalue weighted by molar-refractivity contribution is -0.129. The smallest absolute Gasteiger partial charge is 0.349 e. The molecule has 82 valence electrons. The average Bonchev–Trinajstić information content (AvgIpc) is 2.17. The monoisotopic (exact) mass is 209 g/mol. The topological polar surface area (TPSA) is 70.4 Å². The van der Waals surface area contributed by atoms with Gasteiger partial charge in [0.15, 0.2) is 0 Å². The molecule has 4 nitrogen and oxygen atoms in total. The first kappa shape index (κ1) is 13.2. The minimum atomic E-state index is -1.20. The van der Waals surface area contributed by atoms with Crippen LogP contribution in [0.3, 0.4) is 0 Å². The fraction of sp³-hybridized carbons (Fsp3) is 0.273. The van der Waals surface area contributed by atoms with Crippen molar-refractivity contribution in [3.05, 3.63) is 36.1 Å². The Balaban J connectivity index is 4.14. The average molecular weight is 209 g/mol. The molecule has 0 amide bonds. The van der Waals surface area contributed by atoms with Gasteiger partial charge < -0.3 is 9.84 Å². The minimum Gasteiger partial charge on any atom is -0.501 e. The zero-order valence-electron chi connectivity index (χ0n) is 8.91. The zero-order chi connectivity index (χ0) is 11.8. The number of ether oxygens (including phenoxy) is 1. The number of aliphatic carboxylic acids is 1. The number of allylic oxidation sites excluding steroid dienone is 5. The highest BCUT2D eigenvalue weighted by Gasteiger charge is 2.02. The standard InChI is InChI=1S/C11H15NO3/c1-8(7-9(2)15-3)5-4-6-10(12)11(13)14/h4-5,7,12H,1,6H2,2-3H3,(H,13,14)/b5-4+,9-7+,12-10?. The lowest BCUT2D eigenvalue weighted by atomic mass is 10.2. The van der Waals surface area contributed by atoms with E-state index in [2.05, 4.69) is 6.58 Å². The molecule has 0 aliphatic carbocycles. The van der Waals surface area contributed by atoms with E-state index >= 15 is 0 Å². The van der Waals surface area contributed by atoms with E-state index in [1.807, 2.05) is 0 Å². The quantitative estimate of drug-likeness (QED) is 0.400. The third kappa shape index (κ3) is 6.26. The molecule has 0 radical (unpaired) electrons. The Morgan fingerprint density at radius 2 is 2.20 bits per heavy atom. The molecule has 0 heterocycles. The molecular formula is C11H15NO3. The molecule has 0 atom stereocenters. The van der Waals surface area contributed by atoms with Crippen LogP contribution >= 0.6 is 0 Å². The Morgan fingerprint density at radius 1 is 1.60 bits per heavy atom. The van der Waals surface area contributed by atoms with Crippen molar-refractivity contribution in [1.29, 1.82) is 5.41 Å². The van der Waals surface area contributed by atoms with Crippen LogP contribution in [-0.4, -0.2) is 23.9 Å². The molecule has 0 rings (SSSR count). The molecule has 4 heteroatoms. The summed E-state index contributed by atoms with van der Waals surface area (Å²) in [4.78, 5) is 10.3. The fourth-order valence-electron chi connectivity index (χ4n) is 0.784. The number of hydrogen-bond donors (Lipinski definition) is 2. The lowest BCUT2D eigenvalue weighted by Gasteiger charge is -1.97. The van der Waals surface area contributed by atoms with Gasteiger partial charge in [-0.1, -0.05) is 18.7 Å². The van der Waals surface area contributed by atoms with Crippen LogP contribution in [0.4, 0.5) is 0 Å². The first-order valence-electron chi connectivity index (χ1n) is 4.35. The molecule has 0 bridgehead atoms. The Hall–Kier alpha value is -1.84. The van der Waals surface area contributed by atoms with E-state index in [4.69, 9.17) is 15.3 Å². The first-order valence-corrected chi connectivity index (χ1v) is 4.35. The Bertz CT molecular complexity index is 327. The van der Waals surface area contributed by atoms with Crippen molar-refractivity contribution in [2.45, 2.75) is 13.3 Å². The SMILES string of the molecule is C=C(/C=C/CC(=N)C(=O)O)/C=C(\C)OC. The number of rotatable bonds is 6. The highest BCUT2D eigenvalue weighted by molar-refractivity contribution is 6.34. The molecule has 0 aliphatic heterocycles. The Kier molecular flexibility index (Phi) is 5.78. The zero-order valence-corrected chi connectivity index (χ0v) is 8.91. The van der Waals surface area contributed by atoms with Crippen molar-refractivity contribution in [1.82, 2.24) is 0 Å². The molecule has 0 spiro atoms. The van der Waals surface area contributed by atoms with E-state index < -0.39 is 5.97 Å². The van der Waals surface area contributed by atoms with Crippen molar-refractivity contribution in [2.75, 3.05) is 7.11 Å². The van der Waals surface area contributed by atoms with Gasteiger partial charge in [-0.05, 0) is 18.6 Å². The summed E-state index contributed by atoms with van der Waals surface area (Å²) in [7, 11) is 1.56. The van der Waals surface area contributed by atoms with Gasteiger partial charge >= 0.3 is 5.97 Å². The normalized spacial score (nSPS) is 11.5. The first-order chi connectivity index (χ1) is 6.97. The fourth-order valence-corrected chi connectivity index (χ4v) is 0.784. The number of hydrogen-bond acceptors (Lipinski definition) is 3. The molecule has 0 unspecified atom stereocenters. The summed E-state index contributed by atoms with van der Waals surface area (Å²) in [5.41, 5.74) is 0.360. The predicted octanol–water partition coefficient (Wildman–Crippen LogP) is 2.14. The van der Waals surface area contributed by atoms with Crippen LogP contribution < -0.4 is 0 Å². The van der Waals surface area contributed by atoms with E-state index in [0.29, 0.717) is 5.57 Å². The van der Waals surface area contributed by atoms with Crippen LogP contribution in [-0.2, 0) is 9.53 Å². The number of carbonyl (C=O) groups is 1. The Morgan fingerprint density at radius 3 is 2.67 bits per heavy atom. The second kappa shape index (κ2) is 6.59. The van der Waals surface area contributed by atoms with Crippen LogP contribution in [0.15, 0.2) is 36.1 Å². The van der Waals surface area contributed by atoms with E-state index in [-0.39, 0.29) is 12.1 Å². The predicted molar refractivity (Wildman–Crippen MR) is 59.0 cm³/mol. The van der Waals surface area contributed by atoms with Crippen molar-refractivity contribution >= 4 is 11.7 Å². The van der Waals surface area contributed by atoms with Gasteiger partial charge in [0, 0.05) is 6.42 Å². The van der Waals surface area contributed by atoms with Gasteiger partial charge in [-0.15, -0.1) is 0 Å². The van der Waals surface area contributed by atoms with Gasteiger partial charge in [-0.2, -0.15) is 0 Å². The lowest BCUT2D eigenvalue weighted by Crippen LogP contribution is -2.09. The number of carboxylic acid groups (broad SMARTS) is 1. The van der Waals surface area contributed by atoms with Crippen LogP contribution in [0.1, 0.15) is 13.3 Å². The number of methoxy groups -OCH3 is 1. The largest absolute Gasteiger partial charge is 0.501 e. The minimum absolute atomic E-state index is 0.0915. The van der Waals surface area contributed by atoms with Crippen LogP contribution in [0, 0.1) is 5.41 Å². The van der Waals surface area contributed by atoms with Gasteiger partial charge in [0.2, 0.25) is 0 Å². The third-order valence-electron chi connectivity index (χ3n) is 1.62. The van der Waals surface area contributed by atoms with E-state index in [9.17, 15) is 4.79 Å². The van der Waals surface area contributed by atoms with Crippen LogP contribution in [0.2, 0.25) is 0 Å². The summed E-state index contributed by atoms with van der Waals surface area (Å²) >= 11 is 0. The van der Waals surface area contributed by atoms with Crippen molar-refractivity contribution in [3.8, 4) is 0 Å². The summed E-state index contributed by atoms with van der Waals surface area (Å²) in [5.74, 6) is -0.480. The van der Waals surface area contributed by atoms with Crippen molar-refractivity contribution in [2.24, 2.45) is 0 Å². The molecular weight excluding hydrogens is 194 g/mol. The van der Waals surface area contributed by atoms with Gasteiger partial charge in [0.25, 0.3) is 0 Å².